The predicted molar refractivity (Wildman–Crippen MR) is 70.1 cm³/mol. The molecule has 6 nitrogen and oxygen atoms in total. The number of hydrogen-bond donors (Lipinski definition) is 2. The average Bonchev–Trinajstić information content (AvgIpc) is 2.91. The van der Waals surface area contributed by atoms with Gasteiger partial charge in [-0.05, 0) is 30.3 Å². The summed E-state index contributed by atoms with van der Waals surface area (Å²) in [7, 11) is 0. The van der Waals surface area contributed by atoms with E-state index in [4.69, 9.17) is 4.52 Å². The molecule has 1 aromatic carbocycles. The second-order valence-electron chi connectivity index (χ2n) is 4.22. The molecule has 0 fully saturated rings. The Morgan fingerprint density at radius 3 is 2.80 bits per heavy atom. The lowest BCUT2D eigenvalue weighted by atomic mass is 10.2. The van der Waals surface area contributed by atoms with Gasteiger partial charge in [-0.1, -0.05) is 11.2 Å². The maximum Gasteiger partial charge on any atom is 0.261 e. The number of benzene rings is 1. The number of aromatic nitrogens is 3. The van der Waals surface area contributed by atoms with E-state index in [9.17, 15) is 10.2 Å². The minimum absolute atomic E-state index is 0.0160. The van der Waals surface area contributed by atoms with Crippen LogP contribution in [0.5, 0.6) is 11.5 Å². The smallest absolute Gasteiger partial charge is 0.261 e. The maximum atomic E-state index is 9.74. The molecule has 3 rings (SSSR count). The Morgan fingerprint density at radius 1 is 1.10 bits per heavy atom. The zero-order chi connectivity index (χ0) is 13.9. The summed E-state index contributed by atoms with van der Waals surface area (Å²) in [6.45, 7) is 0. The SMILES string of the molecule is Oc1ccc(O)c(-c2nc(Cc3ccccn3)no2)c1. The molecule has 2 heterocycles. The number of nitrogens with zero attached hydrogens (tertiary/aromatic N) is 3. The third-order valence-corrected chi connectivity index (χ3v) is 2.74. The molecule has 0 aliphatic heterocycles. The highest BCUT2D eigenvalue weighted by molar-refractivity contribution is 5.64. The molecule has 20 heavy (non-hydrogen) atoms. The summed E-state index contributed by atoms with van der Waals surface area (Å²) in [5.74, 6) is 0.601. The van der Waals surface area contributed by atoms with Crippen molar-refractivity contribution in [3.05, 3.63) is 54.1 Å². The molecule has 2 aromatic heterocycles. The summed E-state index contributed by atoms with van der Waals surface area (Å²) in [4.78, 5) is 8.37. The molecule has 0 radical (unpaired) electrons. The summed E-state index contributed by atoms with van der Waals surface area (Å²) >= 11 is 0. The van der Waals surface area contributed by atoms with Gasteiger partial charge in [0.1, 0.15) is 11.5 Å². The van der Waals surface area contributed by atoms with E-state index in [1.165, 1.54) is 18.2 Å². The quantitative estimate of drug-likeness (QED) is 0.708. The van der Waals surface area contributed by atoms with Crippen molar-refractivity contribution in [1.29, 1.82) is 0 Å². The summed E-state index contributed by atoms with van der Waals surface area (Å²) in [6, 6.07) is 9.69. The minimum atomic E-state index is -0.0316. The summed E-state index contributed by atoms with van der Waals surface area (Å²) in [5.41, 5.74) is 1.12. The van der Waals surface area contributed by atoms with Crippen LogP contribution in [0.2, 0.25) is 0 Å². The van der Waals surface area contributed by atoms with Gasteiger partial charge in [0.05, 0.1) is 12.0 Å². The Morgan fingerprint density at radius 2 is 2.00 bits per heavy atom. The third-order valence-electron chi connectivity index (χ3n) is 2.74. The maximum absolute atomic E-state index is 9.74. The molecule has 0 unspecified atom stereocenters. The van der Waals surface area contributed by atoms with E-state index in [2.05, 4.69) is 15.1 Å². The number of pyridine rings is 1. The van der Waals surface area contributed by atoms with Crippen LogP contribution in [0.1, 0.15) is 11.5 Å². The molecule has 0 spiro atoms. The van der Waals surface area contributed by atoms with Crippen molar-refractivity contribution in [3.63, 3.8) is 0 Å². The molecule has 2 N–H and O–H groups in total. The van der Waals surface area contributed by atoms with Crippen LogP contribution < -0.4 is 0 Å². The molecule has 0 saturated heterocycles. The second kappa shape index (κ2) is 5.00. The monoisotopic (exact) mass is 269 g/mol. The molecule has 100 valence electrons. The van der Waals surface area contributed by atoms with Gasteiger partial charge in [-0.3, -0.25) is 4.98 Å². The van der Waals surface area contributed by atoms with Gasteiger partial charge < -0.3 is 14.7 Å². The van der Waals surface area contributed by atoms with Gasteiger partial charge in [0, 0.05) is 11.9 Å². The molecular weight excluding hydrogens is 258 g/mol. The predicted octanol–water partition coefficient (Wildman–Crippen LogP) is 2.13. The Kier molecular flexibility index (Phi) is 3.04. The first-order valence-electron chi connectivity index (χ1n) is 5.97. The van der Waals surface area contributed by atoms with E-state index in [0.29, 0.717) is 17.8 Å². The largest absolute Gasteiger partial charge is 0.508 e. The minimum Gasteiger partial charge on any atom is -0.508 e. The van der Waals surface area contributed by atoms with Crippen molar-refractivity contribution < 1.29 is 14.7 Å². The molecule has 0 aliphatic carbocycles. The Labute approximate surface area is 114 Å². The second-order valence-corrected chi connectivity index (χ2v) is 4.22. The van der Waals surface area contributed by atoms with Crippen LogP contribution in [0.3, 0.4) is 0 Å². The van der Waals surface area contributed by atoms with Crippen LogP contribution in [0.4, 0.5) is 0 Å². The summed E-state index contributed by atoms with van der Waals surface area (Å²) in [6.07, 6.45) is 2.13. The molecule has 0 amide bonds. The number of hydrogen-bond acceptors (Lipinski definition) is 6. The van der Waals surface area contributed by atoms with Crippen LogP contribution >= 0.6 is 0 Å². The zero-order valence-electron chi connectivity index (χ0n) is 10.4. The van der Waals surface area contributed by atoms with Gasteiger partial charge in [-0.25, -0.2) is 0 Å². The fraction of sp³-hybridized carbons (Fsp3) is 0.0714. The lowest BCUT2D eigenvalue weighted by Gasteiger charge is -1.99. The first-order chi connectivity index (χ1) is 9.72. The lowest BCUT2D eigenvalue weighted by molar-refractivity contribution is 0.417. The Hall–Kier alpha value is -2.89. The molecule has 3 aromatic rings. The van der Waals surface area contributed by atoms with Crippen LogP contribution in [0.15, 0.2) is 47.1 Å². The fourth-order valence-corrected chi connectivity index (χ4v) is 1.80. The van der Waals surface area contributed by atoms with Crippen LogP contribution in [-0.4, -0.2) is 25.3 Å². The highest BCUT2D eigenvalue weighted by Gasteiger charge is 2.14. The van der Waals surface area contributed by atoms with Crippen LogP contribution in [0, 0.1) is 0 Å². The van der Waals surface area contributed by atoms with Crippen molar-refractivity contribution in [2.24, 2.45) is 0 Å². The Balaban J connectivity index is 1.88. The normalized spacial score (nSPS) is 10.6. The van der Waals surface area contributed by atoms with Crippen molar-refractivity contribution in [1.82, 2.24) is 15.1 Å². The van der Waals surface area contributed by atoms with Crippen molar-refractivity contribution >= 4 is 0 Å². The van der Waals surface area contributed by atoms with E-state index >= 15 is 0 Å². The molecule has 0 bridgehead atoms. The van der Waals surface area contributed by atoms with E-state index in [-0.39, 0.29) is 17.4 Å². The standard InChI is InChI=1S/C14H11N3O3/c18-10-4-5-12(19)11(8-10)14-16-13(17-20-14)7-9-3-1-2-6-15-9/h1-6,8,18-19H,7H2. The first-order valence-corrected chi connectivity index (χ1v) is 5.97. The molecular formula is C14H11N3O3. The highest BCUT2D eigenvalue weighted by atomic mass is 16.5. The fourth-order valence-electron chi connectivity index (χ4n) is 1.80. The first kappa shape index (κ1) is 12.2. The van der Waals surface area contributed by atoms with E-state index < -0.39 is 0 Å². The number of phenols is 2. The van der Waals surface area contributed by atoms with Crippen molar-refractivity contribution in [2.45, 2.75) is 6.42 Å². The number of aromatic hydroxyl groups is 2. The van der Waals surface area contributed by atoms with E-state index in [0.717, 1.165) is 5.69 Å². The van der Waals surface area contributed by atoms with Gasteiger partial charge in [0.25, 0.3) is 5.89 Å². The summed E-state index contributed by atoms with van der Waals surface area (Å²) in [5, 5.41) is 23.0. The highest BCUT2D eigenvalue weighted by Crippen LogP contribution is 2.31. The van der Waals surface area contributed by atoms with Crippen molar-refractivity contribution in [2.75, 3.05) is 0 Å². The third kappa shape index (κ3) is 2.44. The van der Waals surface area contributed by atoms with Gasteiger partial charge in [-0.2, -0.15) is 4.98 Å². The number of phenolic OH excluding ortho intramolecular Hbond substituents is 2. The Bertz CT molecular complexity index is 726. The van der Waals surface area contributed by atoms with Gasteiger partial charge >= 0.3 is 0 Å². The zero-order valence-corrected chi connectivity index (χ0v) is 10.4. The van der Waals surface area contributed by atoms with Crippen molar-refractivity contribution in [3.8, 4) is 23.0 Å². The lowest BCUT2D eigenvalue weighted by Crippen LogP contribution is -1.93. The van der Waals surface area contributed by atoms with Gasteiger partial charge in [0.2, 0.25) is 0 Å². The summed E-state index contributed by atoms with van der Waals surface area (Å²) < 4.78 is 5.10. The topological polar surface area (TPSA) is 92.3 Å². The molecule has 0 saturated carbocycles. The van der Waals surface area contributed by atoms with Gasteiger partial charge in [0.15, 0.2) is 5.82 Å². The molecule has 6 heteroatoms. The molecule has 0 atom stereocenters. The van der Waals surface area contributed by atoms with Crippen LogP contribution in [0.25, 0.3) is 11.5 Å². The number of rotatable bonds is 3. The van der Waals surface area contributed by atoms with Gasteiger partial charge in [-0.15, -0.1) is 0 Å². The molecule has 0 aliphatic rings. The van der Waals surface area contributed by atoms with E-state index in [1.807, 2.05) is 18.2 Å². The average molecular weight is 269 g/mol. The van der Waals surface area contributed by atoms with E-state index in [1.54, 1.807) is 6.20 Å². The van der Waals surface area contributed by atoms with Crippen LogP contribution in [-0.2, 0) is 6.42 Å².